The molecular formula is C13H21F2N3O2. The van der Waals surface area contributed by atoms with E-state index in [0.29, 0.717) is 0 Å². The molecule has 0 spiro atoms. The van der Waals surface area contributed by atoms with Crippen LogP contribution < -0.4 is 10.9 Å². The third-order valence-corrected chi connectivity index (χ3v) is 1.90. The number of carbonyl (C=O) groups excluding carboxylic acids is 1. The Bertz CT molecular complexity index is 376. The van der Waals surface area contributed by atoms with Crippen LogP contribution in [0.4, 0.5) is 13.6 Å². The average Bonchev–Trinajstić information content (AvgIpc) is 2.35. The molecule has 0 aliphatic rings. The van der Waals surface area contributed by atoms with E-state index in [9.17, 15) is 13.6 Å². The molecule has 0 aliphatic heterocycles. The SMILES string of the molecule is C=N/C=C\C(=C/CNNC(=O)OC(C)(C)C)C(F)CF. The van der Waals surface area contributed by atoms with Gasteiger partial charge in [0.2, 0.25) is 0 Å². The maximum Gasteiger partial charge on any atom is 0.422 e. The van der Waals surface area contributed by atoms with Gasteiger partial charge in [-0.3, -0.25) is 10.4 Å². The summed E-state index contributed by atoms with van der Waals surface area (Å²) in [5, 5.41) is 0. The van der Waals surface area contributed by atoms with Gasteiger partial charge in [0.15, 0.2) is 6.17 Å². The highest BCUT2D eigenvalue weighted by Gasteiger charge is 2.15. The second-order valence-corrected chi connectivity index (χ2v) is 4.83. The molecule has 114 valence electrons. The van der Waals surface area contributed by atoms with E-state index in [2.05, 4.69) is 22.6 Å². The first-order chi connectivity index (χ1) is 9.30. The molecule has 0 heterocycles. The molecule has 0 rings (SSSR count). The summed E-state index contributed by atoms with van der Waals surface area (Å²) in [6, 6.07) is 0. The van der Waals surface area contributed by atoms with Gasteiger partial charge in [-0.1, -0.05) is 6.08 Å². The minimum Gasteiger partial charge on any atom is -0.443 e. The van der Waals surface area contributed by atoms with Crippen LogP contribution in [-0.2, 0) is 4.74 Å². The number of alkyl halides is 2. The summed E-state index contributed by atoms with van der Waals surface area (Å²) >= 11 is 0. The lowest BCUT2D eigenvalue weighted by Gasteiger charge is -2.19. The lowest BCUT2D eigenvalue weighted by molar-refractivity contribution is 0.0501. The average molecular weight is 289 g/mol. The van der Waals surface area contributed by atoms with Crippen molar-refractivity contribution in [3.8, 4) is 0 Å². The Kier molecular flexibility index (Phi) is 8.38. The van der Waals surface area contributed by atoms with Crippen molar-refractivity contribution in [1.29, 1.82) is 0 Å². The zero-order valence-corrected chi connectivity index (χ0v) is 12.0. The van der Waals surface area contributed by atoms with E-state index >= 15 is 0 Å². The lowest BCUT2D eigenvalue weighted by atomic mass is 10.1. The molecule has 0 bridgehead atoms. The van der Waals surface area contributed by atoms with E-state index in [-0.39, 0.29) is 12.1 Å². The van der Waals surface area contributed by atoms with Crippen LogP contribution >= 0.6 is 0 Å². The van der Waals surface area contributed by atoms with Crippen LogP contribution in [0.15, 0.2) is 28.9 Å². The van der Waals surface area contributed by atoms with Gasteiger partial charge in [0, 0.05) is 12.7 Å². The normalized spacial score (nSPS) is 14.2. The van der Waals surface area contributed by atoms with Crippen LogP contribution in [0.3, 0.4) is 0 Å². The Morgan fingerprint density at radius 3 is 2.65 bits per heavy atom. The highest BCUT2D eigenvalue weighted by Crippen LogP contribution is 2.09. The fraction of sp³-hybridized carbons (Fsp3) is 0.538. The largest absolute Gasteiger partial charge is 0.443 e. The molecule has 0 aromatic heterocycles. The van der Waals surface area contributed by atoms with E-state index < -0.39 is 24.5 Å². The predicted molar refractivity (Wildman–Crippen MR) is 75.0 cm³/mol. The fourth-order valence-electron chi connectivity index (χ4n) is 1.12. The molecule has 1 atom stereocenters. The molecule has 0 fully saturated rings. The van der Waals surface area contributed by atoms with Gasteiger partial charge >= 0.3 is 6.09 Å². The summed E-state index contributed by atoms with van der Waals surface area (Å²) < 4.78 is 30.5. The maximum atomic E-state index is 13.2. The van der Waals surface area contributed by atoms with Gasteiger partial charge in [-0.2, -0.15) is 0 Å². The third-order valence-electron chi connectivity index (χ3n) is 1.90. The van der Waals surface area contributed by atoms with Gasteiger partial charge in [0.05, 0.1) is 0 Å². The zero-order valence-electron chi connectivity index (χ0n) is 12.0. The first-order valence-electron chi connectivity index (χ1n) is 6.04. The van der Waals surface area contributed by atoms with E-state index in [1.165, 1.54) is 18.4 Å². The number of hydrogen-bond acceptors (Lipinski definition) is 4. The molecule has 0 aliphatic carbocycles. The van der Waals surface area contributed by atoms with Crippen LogP contribution in [0.5, 0.6) is 0 Å². The Morgan fingerprint density at radius 2 is 2.15 bits per heavy atom. The number of nitrogens with one attached hydrogen (secondary N) is 2. The molecule has 1 amide bonds. The highest BCUT2D eigenvalue weighted by atomic mass is 19.2. The summed E-state index contributed by atoms with van der Waals surface area (Å²) in [7, 11) is 0. The van der Waals surface area contributed by atoms with Crippen molar-refractivity contribution in [3.05, 3.63) is 23.9 Å². The van der Waals surface area contributed by atoms with Crippen molar-refractivity contribution in [2.45, 2.75) is 32.5 Å². The number of hydrazine groups is 1. The number of hydrogen-bond donors (Lipinski definition) is 2. The molecule has 0 aromatic carbocycles. The topological polar surface area (TPSA) is 62.7 Å². The number of nitrogens with zero attached hydrogens (tertiary/aromatic N) is 1. The Balaban J connectivity index is 4.27. The van der Waals surface area contributed by atoms with Crippen molar-refractivity contribution in [2.24, 2.45) is 4.99 Å². The van der Waals surface area contributed by atoms with Crippen LogP contribution in [0, 0.1) is 0 Å². The van der Waals surface area contributed by atoms with E-state index in [1.54, 1.807) is 20.8 Å². The molecule has 5 nitrogen and oxygen atoms in total. The van der Waals surface area contributed by atoms with Crippen LogP contribution in [0.1, 0.15) is 20.8 Å². The number of carbonyl (C=O) groups is 1. The summed E-state index contributed by atoms with van der Waals surface area (Å²) in [5.41, 5.74) is 4.30. The molecule has 7 heteroatoms. The highest BCUT2D eigenvalue weighted by molar-refractivity contribution is 5.66. The van der Waals surface area contributed by atoms with Gasteiger partial charge in [0.25, 0.3) is 0 Å². The first kappa shape index (κ1) is 18.2. The van der Waals surface area contributed by atoms with Crippen LogP contribution in [0.2, 0.25) is 0 Å². The number of halogens is 2. The van der Waals surface area contributed by atoms with Crippen LogP contribution in [-0.4, -0.2) is 37.8 Å². The van der Waals surface area contributed by atoms with Crippen LogP contribution in [0.25, 0.3) is 0 Å². The first-order valence-corrected chi connectivity index (χ1v) is 6.04. The van der Waals surface area contributed by atoms with Gasteiger partial charge in [0.1, 0.15) is 12.3 Å². The molecule has 1 unspecified atom stereocenters. The van der Waals surface area contributed by atoms with Gasteiger partial charge in [-0.25, -0.2) is 19.0 Å². The summed E-state index contributed by atoms with van der Waals surface area (Å²) in [6.45, 7) is 7.36. The zero-order chi connectivity index (χ0) is 15.6. The standard InChI is InChI=1S/C13H21F2N3O2/c1-13(2,3)20-12(19)18-17-8-6-10(5-7-16-4)11(15)9-14/h5-7,11,17H,4,8-9H2,1-3H3,(H,18,19)/b7-5-,10-6+. The number of ether oxygens (including phenoxy) is 1. The number of aliphatic imine (C=N–C) groups is 1. The smallest absolute Gasteiger partial charge is 0.422 e. The van der Waals surface area contributed by atoms with Gasteiger partial charge < -0.3 is 4.74 Å². The number of rotatable bonds is 7. The second-order valence-electron chi connectivity index (χ2n) is 4.83. The minimum absolute atomic E-state index is 0.108. The van der Waals surface area contributed by atoms with E-state index in [0.717, 1.165) is 0 Å². The van der Waals surface area contributed by atoms with Crippen molar-refractivity contribution >= 4 is 12.8 Å². The van der Waals surface area contributed by atoms with Gasteiger partial charge in [-0.15, -0.1) is 0 Å². The maximum absolute atomic E-state index is 13.2. The number of amides is 1. The Hall–Kier alpha value is -1.76. The van der Waals surface area contributed by atoms with Crippen molar-refractivity contribution in [2.75, 3.05) is 13.2 Å². The van der Waals surface area contributed by atoms with Crippen molar-refractivity contribution in [1.82, 2.24) is 10.9 Å². The van der Waals surface area contributed by atoms with Crippen molar-refractivity contribution < 1.29 is 18.3 Å². The Labute approximate surface area is 117 Å². The minimum atomic E-state index is -1.74. The summed E-state index contributed by atoms with van der Waals surface area (Å²) in [5.74, 6) is 0. The van der Waals surface area contributed by atoms with E-state index in [4.69, 9.17) is 4.74 Å². The molecule has 0 saturated carbocycles. The predicted octanol–water partition coefficient (Wildman–Crippen LogP) is 2.46. The Morgan fingerprint density at radius 1 is 1.50 bits per heavy atom. The molecule has 0 saturated heterocycles. The third kappa shape index (κ3) is 9.21. The summed E-state index contributed by atoms with van der Waals surface area (Å²) in [4.78, 5) is 14.7. The molecule has 20 heavy (non-hydrogen) atoms. The fourth-order valence-corrected chi connectivity index (χ4v) is 1.12. The lowest BCUT2D eigenvalue weighted by Crippen LogP contribution is -2.41. The van der Waals surface area contributed by atoms with Gasteiger partial charge in [-0.05, 0) is 39.1 Å². The molecule has 0 radical (unpaired) electrons. The monoisotopic (exact) mass is 289 g/mol. The van der Waals surface area contributed by atoms with Crippen molar-refractivity contribution in [3.63, 3.8) is 0 Å². The van der Waals surface area contributed by atoms with E-state index in [1.807, 2.05) is 0 Å². The molecule has 0 aromatic rings. The summed E-state index contributed by atoms with van der Waals surface area (Å²) in [6.07, 6.45) is 1.57. The molecule has 2 N–H and O–H groups in total. The number of allylic oxidation sites excluding steroid dienone is 2. The second kappa shape index (κ2) is 9.19. The quantitative estimate of drug-likeness (QED) is 0.327. The molecular weight excluding hydrogens is 268 g/mol.